The van der Waals surface area contributed by atoms with Crippen LogP contribution in [-0.4, -0.2) is 32.5 Å². The summed E-state index contributed by atoms with van der Waals surface area (Å²) in [5.74, 6) is 2.64. The molecule has 0 bridgehead atoms. The van der Waals surface area contributed by atoms with Crippen molar-refractivity contribution in [3.63, 3.8) is 0 Å². The van der Waals surface area contributed by atoms with Gasteiger partial charge < -0.3 is 14.2 Å². The molecule has 1 N–H and O–H groups in total. The highest BCUT2D eigenvalue weighted by molar-refractivity contribution is 8.14. The lowest BCUT2D eigenvalue weighted by molar-refractivity contribution is -0.117. The Morgan fingerprint density at radius 2 is 1.43 bits per heavy atom. The lowest BCUT2D eigenvalue weighted by Crippen LogP contribution is -2.12. The molecule has 0 aliphatic heterocycles. The van der Waals surface area contributed by atoms with Crippen molar-refractivity contribution in [3.8, 4) is 23.0 Å². The highest BCUT2D eigenvalue weighted by atomic mass is 32.2. The lowest BCUT2D eigenvalue weighted by atomic mass is 10.1. The topological polar surface area (TPSA) is 108 Å². The maximum absolute atomic E-state index is 12.7. The molecule has 0 spiro atoms. The fourth-order valence-corrected chi connectivity index (χ4v) is 6.45. The van der Waals surface area contributed by atoms with E-state index >= 15 is 0 Å². The molecule has 0 aliphatic carbocycles. The van der Waals surface area contributed by atoms with Crippen LogP contribution in [0.5, 0.6) is 23.0 Å². The molecule has 1 atom stereocenters. The van der Waals surface area contributed by atoms with Crippen molar-refractivity contribution in [1.29, 1.82) is 0 Å². The van der Waals surface area contributed by atoms with Crippen molar-refractivity contribution >= 4 is 38.4 Å². The van der Waals surface area contributed by atoms with E-state index in [0.29, 0.717) is 42.6 Å². The zero-order valence-corrected chi connectivity index (χ0v) is 28.1. The molecule has 46 heavy (non-hydrogen) atoms. The number of hydrogen-bond donors (Lipinski definition) is 1. The molecule has 4 aromatic carbocycles. The number of rotatable bonds is 16. The van der Waals surface area contributed by atoms with E-state index in [0.717, 1.165) is 47.0 Å². The monoisotopic (exact) mass is 661 g/mol. The molecular weight excluding hydrogens is 623 g/mol. The number of hydrogen-bond acceptors (Lipinski definition) is 8. The van der Waals surface area contributed by atoms with Gasteiger partial charge in [-0.1, -0.05) is 54.9 Å². The molecule has 0 heterocycles. The number of ketones is 1. The van der Waals surface area contributed by atoms with Crippen molar-refractivity contribution in [2.75, 3.05) is 17.9 Å². The number of benzene rings is 4. The number of ether oxygens (including phenoxy) is 3. The number of aryl methyl sites for hydroxylation is 2. The number of carbonyl (C=O) groups excluding carboxylic acids is 2. The summed E-state index contributed by atoms with van der Waals surface area (Å²) in [6.45, 7) is 7.88. The molecule has 0 aliphatic rings. The van der Waals surface area contributed by atoms with E-state index in [9.17, 15) is 18.0 Å². The molecule has 0 radical (unpaired) electrons. The Bertz CT molecular complexity index is 1720. The maximum Gasteiger partial charge on any atom is 0.261 e. The van der Waals surface area contributed by atoms with Crippen molar-refractivity contribution in [3.05, 3.63) is 108 Å². The van der Waals surface area contributed by atoms with E-state index in [1.54, 1.807) is 48.5 Å². The maximum atomic E-state index is 12.7. The van der Waals surface area contributed by atoms with Gasteiger partial charge >= 0.3 is 0 Å². The quantitative estimate of drug-likeness (QED) is 0.120. The average molecular weight is 662 g/mol. The van der Waals surface area contributed by atoms with Crippen LogP contribution in [0.2, 0.25) is 0 Å². The van der Waals surface area contributed by atoms with Crippen molar-refractivity contribution in [2.45, 2.75) is 57.1 Å². The van der Waals surface area contributed by atoms with E-state index in [1.165, 1.54) is 13.8 Å². The Labute approximate surface area is 275 Å². The van der Waals surface area contributed by atoms with E-state index in [-0.39, 0.29) is 15.8 Å². The average Bonchev–Trinajstić information content (AvgIpc) is 3.02. The Morgan fingerprint density at radius 3 is 2.07 bits per heavy atom. The third-order valence-electron chi connectivity index (χ3n) is 6.88. The fraction of sp³-hybridized carbons (Fsp3) is 0.278. The second kappa shape index (κ2) is 16.3. The summed E-state index contributed by atoms with van der Waals surface area (Å²) in [4.78, 5) is 23.6. The number of carbonyl (C=O) groups is 2. The summed E-state index contributed by atoms with van der Waals surface area (Å²) in [5, 5.41) is -0.605. The van der Waals surface area contributed by atoms with Gasteiger partial charge in [-0.05, 0) is 98.1 Å². The van der Waals surface area contributed by atoms with Crippen LogP contribution < -0.4 is 18.9 Å². The van der Waals surface area contributed by atoms with Crippen LogP contribution in [0.1, 0.15) is 55.6 Å². The van der Waals surface area contributed by atoms with Gasteiger partial charge in [-0.25, -0.2) is 8.42 Å². The first kappa shape index (κ1) is 34.6. The van der Waals surface area contributed by atoms with Gasteiger partial charge in [0, 0.05) is 19.0 Å². The largest absolute Gasteiger partial charge is 0.493 e. The molecular formula is C36H39NO7S2. The first-order valence-electron chi connectivity index (χ1n) is 15.1. The highest BCUT2D eigenvalue weighted by Crippen LogP contribution is 2.32. The Morgan fingerprint density at radius 1 is 0.804 bits per heavy atom. The Kier molecular flexibility index (Phi) is 12.3. The lowest BCUT2D eigenvalue weighted by Gasteiger charge is -2.15. The summed E-state index contributed by atoms with van der Waals surface area (Å²) >= 11 is 1.02. The van der Waals surface area contributed by atoms with Crippen LogP contribution in [0.25, 0.3) is 0 Å². The van der Waals surface area contributed by atoms with Crippen molar-refractivity contribution in [1.82, 2.24) is 0 Å². The minimum Gasteiger partial charge on any atom is -0.493 e. The number of anilines is 1. The molecule has 4 rings (SSSR count). The number of nitrogens with one attached hydrogen (secondary N) is 1. The Balaban J connectivity index is 1.28. The van der Waals surface area contributed by atoms with E-state index in [4.69, 9.17) is 14.2 Å². The molecule has 0 amide bonds. The molecule has 1 unspecified atom stereocenters. The van der Waals surface area contributed by atoms with Crippen LogP contribution >= 0.6 is 11.8 Å². The van der Waals surface area contributed by atoms with Gasteiger partial charge in [0.15, 0.2) is 5.12 Å². The first-order valence-corrected chi connectivity index (χ1v) is 17.4. The highest BCUT2D eigenvalue weighted by Gasteiger charge is 2.19. The predicted molar refractivity (Wildman–Crippen MR) is 183 cm³/mol. The normalized spacial score (nSPS) is 11.8. The van der Waals surface area contributed by atoms with Crippen molar-refractivity contribution < 1.29 is 32.2 Å². The summed E-state index contributed by atoms with van der Waals surface area (Å²) in [6, 6.07) is 26.4. The van der Waals surface area contributed by atoms with Gasteiger partial charge in [-0.3, -0.25) is 14.3 Å². The molecule has 242 valence electrons. The third-order valence-corrected chi connectivity index (χ3v) is 9.44. The third kappa shape index (κ3) is 10.1. The first-order chi connectivity index (χ1) is 22.0. The molecule has 0 aromatic heterocycles. The van der Waals surface area contributed by atoms with Gasteiger partial charge in [0.05, 0.1) is 23.4 Å². The van der Waals surface area contributed by atoms with Crippen LogP contribution in [0.15, 0.2) is 95.9 Å². The zero-order valence-electron chi connectivity index (χ0n) is 26.4. The van der Waals surface area contributed by atoms with Gasteiger partial charge in [0.25, 0.3) is 10.0 Å². The van der Waals surface area contributed by atoms with Crippen LogP contribution in [0, 0.1) is 6.92 Å². The standard InChI is InChI=1S/C36H39NO7S2/c1-5-7-29-24-33(44-32-16-12-30(13-17-32)37-46(40,41)34-19-8-25(2)9-20-34)18-21-35(29)43-23-6-22-42-31-14-10-28(11-15-31)36(26(3)38)45-27(4)39/h8-21,24,36-37H,5-7,22-23H2,1-4H3. The summed E-state index contributed by atoms with van der Waals surface area (Å²) in [6.07, 6.45) is 2.42. The van der Waals surface area contributed by atoms with Gasteiger partial charge in [-0.2, -0.15) is 0 Å². The van der Waals surface area contributed by atoms with Crippen molar-refractivity contribution in [2.24, 2.45) is 0 Å². The van der Waals surface area contributed by atoms with Crippen LogP contribution in [0.4, 0.5) is 5.69 Å². The number of thioether (sulfide) groups is 1. The van der Waals surface area contributed by atoms with Gasteiger partial charge in [0.1, 0.15) is 28.8 Å². The Hall–Kier alpha value is -4.28. The second-order valence-electron chi connectivity index (χ2n) is 10.8. The molecule has 0 saturated heterocycles. The smallest absolute Gasteiger partial charge is 0.261 e. The van der Waals surface area contributed by atoms with Gasteiger partial charge in [0.2, 0.25) is 0 Å². The van der Waals surface area contributed by atoms with E-state index in [2.05, 4.69) is 11.6 Å². The number of Topliss-reactive ketones (excluding diaryl/α,β-unsaturated/α-hetero) is 1. The SMILES string of the molecule is CCCc1cc(Oc2ccc(NS(=O)(=O)c3ccc(C)cc3)cc2)ccc1OCCCOc1ccc(C(SC(C)=O)C(C)=O)cc1. The summed E-state index contributed by atoms with van der Waals surface area (Å²) < 4.78 is 46.0. The van der Waals surface area contributed by atoms with Crippen LogP contribution in [0.3, 0.4) is 0 Å². The summed E-state index contributed by atoms with van der Waals surface area (Å²) in [7, 11) is -3.69. The van der Waals surface area contributed by atoms with E-state index < -0.39 is 15.3 Å². The molecule has 4 aromatic rings. The molecule has 0 saturated carbocycles. The molecule has 0 fully saturated rings. The molecule has 8 nitrogen and oxygen atoms in total. The second-order valence-corrected chi connectivity index (χ2v) is 13.7. The minimum atomic E-state index is -3.69. The minimum absolute atomic E-state index is 0.0658. The molecule has 10 heteroatoms. The summed E-state index contributed by atoms with van der Waals surface area (Å²) in [5.41, 5.74) is 3.23. The number of sulfonamides is 1. The zero-order chi connectivity index (χ0) is 33.1. The van der Waals surface area contributed by atoms with E-state index in [1.807, 2.05) is 49.4 Å². The predicted octanol–water partition coefficient (Wildman–Crippen LogP) is 8.30. The fourth-order valence-electron chi connectivity index (χ4n) is 4.61. The van der Waals surface area contributed by atoms with Gasteiger partial charge in [-0.15, -0.1) is 0 Å². The van der Waals surface area contributed by atoms with Crippen LogP contribution in [-0.2, 0) is 26.0 Å².